The molecule has 0 aromatic heterocycles. The van der Waals surface area contributed by atoms with E-state index < -0.39 is 0 Å². The Balaban J connectivity index is 1.84. The summed E-state index contributed by atoms with van der Waals surface area (Å²) in [5.41, 5.74) is 5.54. The van der Waals surface area contributed by atoms with Gasteiger partial charge in [0.15, 0.2) is 0 Å². The first-order chi connectivity index (χ1) is 10.1. The van der Waals surface area contributed by atoms with E-state index in [1.165, 1.54) is 33.1 Å². The molecule has 3 unspecified atom stereocenters. The summed E-state index contributed by atoms with van der Waals surface area (Å²) in [7, 11) is 2.08. The highest BCUT2D eigenvalue weighted by Crippen LogP contribution is 2.54. The molecule has 3 rings (SSSR count). The summed E-state index contributed by atoms with van der Waals surface area (Å²) in [5, 5.41) is 3.54. The van der Waals surface area contributed by atoms with Gasteiger partial charge >= 0.3 is 0 Å². The summed E-state index contributed by atoms with van der Waals surface area (Å²) in [5.74, 6) is 1.41. The smallest absolute Gasteiger partial charge is 0.0352 e. The maximum absolute atomic E-state index is 3.67. The van der Waals surface area contributed by atoms with E-state index >= 15 is 0 Å². The molecule has 1 fully saturated rings. The van der Waals surface area contributed by atoms with E-state index in [4.69, 9.17) is 0 Å². The van der Waals surface area contributed by atoms with Gasteiger partial charge in [0, 0.05) is 10.5 Å². The van der Waals surface area contributed by atoms with Crippen molar-refractivity contribution >= 4 is 15.9 Å². The molecule has 2 heteroatoms. The fraction of sp³-hybridized carbons (Fsp3) is 0.368. The molecule has 1 aliphatic rings. The predicted octanol–water partition coefficient (Wildman–Crippen LogP) is 5.13. The van der Waals surface area contributed by atoms with Gasteiger partial charge in [-0.05, 0) is 61.4 Å². The van der Waals surface area contributed by atoms with Crippen molar-refractivity contribution in [2.45, 2.75) is 32.2 Å². The minimum Gasteiger partial charge on any atom is -0.313 e. The van der Waals surface area contributed by atoms with E-state index in [0.717, 1.165) is 0 Å². The Morgan fingerprint density at radius 3 is 2.29 bits per heavy atom. The average molecular weight is 344 g/mol. The van der Waals surface area contributed by atoms with Gasteiger partial charge in [-0.15, -0.1) is 0 Å². The lowest BCUT2D eigenvalue weighted by Gasteiger charge is -2.19. The van der Waals surface area contributed by atoms with Gasteiger partial charge in [-0.1, -0.05) is 58.4 Å². The minimum atomic E-state index is 0.445. The largest absolute Gasteiger partial charge is 0.313 e. The fourth-order valence-electron chi connectivity index (χ4n) is 3.45. The Kier molecular flexibility index (Phi) is 4.19. The fourth-order valence-corrected chi connectivity index (χ4v) is 3.68. The molecule has 3 atom stereocenters. The molecule has 0 heterocycles. The lowest BCUT2D eigenvalue weighted by atomic mass is 9.96. The van der Waals surface area contributed by atoms with E-state index in [2.05, 4.69) is 84.6 Å². The molecule has 0 saturated heterocycles. The number of rotatable bonds is 4. The number of halogens is 1. The monoisotopic (exact) mass is 343 g/mol. The van der Waals surface area contributed by atoms with Crippen LogP contribution in [0, 0.1) is 19.8 Å². The van der Waals surface area contributed by atoms with Crippen molar-refractivity contribution in [2.24, 2.45) is 5.92 Å². The number of aryl methyl sites for hydroxylation is 2. The van der Waals surface area contributed by atoms with Crippen molar-refractivity contribution in [2.75, 3.05) is 7.05 Å². The second-order valence-electron chi connectivity index (χ2n) is 6.15. The van der Waals surface area contributed by atoms with Gasteiger partial charge < -0.3 is 5.32 Å². The molecule has 0 radical (unpaired) electrons. The molecule has 2 aromatic carbocycles. The highest BCUT2D eigenvalue weighted by Gasteiger charge is 2.43. The molecule has 0 spiro atoms. The summed E-state index contributed by atoms with van der Waals surface area (Å²) < 4.78 is 1.23. The zero-order valence-corrected chi connectivity index (χ0v) is 14.4. The first-order valence-corrected chi connectivity index (χ1v) is 8.40. The van der Waals surface area contributed by atoms with Crippen LogP contribution in [0.25, 0.3) is 0 Å². The van der Waals surface area contributed by atoms with Gasteiger partial charge in [0.05, 0.1) is 0 Å². The van der Waals surface area contributed by atoms with Crippen molar-refractivity contribution in [3.63, 3.8) is 0 Å². The average Bonchev–Trinajstić information content (AvgIpc) is 3.27. The van der Waals surface area contributed by atoms with Crippen LogP contribution >= 0.6 is 15.9 Å². The topological polar surface area (TPSA) is 12.0 Å². The van der Waals surface area contributed by atoms with Crippen LogP contribution in [-0.4, -0.2) is 7.05 Å². The van der Waals surface area contributed by atoms with Crippen molar-refractivity contribution in [3.8, 4) is 0 Å². The third-order valence-corrected chi connectivity index (χ3v) is 5.88. The highest BCUT2D eigenvalue weighted by atomic mass is 79.9. The van der Waals surface area contributed by atoms with Crippen molar-refractivity contribution in [3.05, 3.63) is 69.2 Å². The molecule has 0 amide bonds. The predicted molar refractivity (Wildman–Crippen MR) is 92.7 cm³/mol. The van der Waals surface area contributed by atoms with Crippen molar-refractivity contribution in [1.82, 2.24) is 5.32 Å². The van der Waals surface area contributed by atoms with E-state index in [9.17, 15) is 0 Å². The Labute approximate surface area is 135 Å². The van der Waals surface area contributed by atoms with Crippen LogP contribution in [-0.2, 0) is 0 Å². The molecule has 1 nitrogen and oxygen atoms in total. The summed E-state index contributed by atoms with van der Waals surface area (Å²) in [6, 6.07) is 16.0. The van der Waals surface area contributed by atoms with Gasteiger partial charge in [0.1, 0.15) is 0 Å². The van der Waals surface area contributed by atoms with Crippen LogP contribution in [0.1, 0.15) is 40.6 Å². The minimum absolute atomic E-state index is 0.445. The zero-order chi connectivity index (χ0) is 15.0. The lowest BCUT2D eigenvalue weighted by Crippen LogP contribution is -2.19. The number of benzene rings is 2. The maximum Gasteiger partial charge on any atom is 0.0352 e. The molecule has 21 heavy (non-hydrogen) atoms. The van der Waals surface area contributed by atoms with Gasteiger partial charge in [-0.3, -0.25) is 0 Å². The van der Waals surface area contributed by atoms with E-state index in [1.54, 1.807) is 0 Å². The van der Waals surface area contributed by atoms with Crippen LogP contribution in [0.2, 0.25) is 0 Å². The van der Waals surface area contributed by atoms with E-state index in [1.807, 2.05) is 0 Å². The Morgan fingerprint density at radius 2 is 1.71 bits per heavy atom. The van der Waals surface area contributed by atoms with Gasteiger partial charge in [-0.25, -0.2) is 0 Å². The van der Waals surface area contributed by atoms with Crippen molar-refractivity contribution < 1.29 is 0 Å². The van der Waals surface area contributed by atoms with Crippen LogP contribution in [0.5, 0.6) is 0 Å². The van der Waals surface area contributed by atoms with Crippen LogP contribution < -0.4 is 5.32 Å². The normalized spacial score (nSPS) is 22.1. The number of nitrogens with one attached hydrogen (secondary N) is 1. The van der Waals surface area contributed by atoms with Gasteiger partial charge in [0.2, 0.25) is 0 Å². The molecule has 0 aliphatic heterocycles. The molecular formula is C19H22BrN. The number of hydrogen-bond donors (Lipinski definition) is 1. The Bertz CT molecular complexity index is 612. The third-order valence-electron chi connectivity index (χ3n) is 4.62. The molecule has 1 N–H and O–H groups in total. The quantitative estimate of drug-likeness (QED) is 0.811. The molecular weight excluding hydrogens is 322 g/mol. The lowest BCUT2D eigenvalue weighted by molar-refractivity contribution is 0.517. The summed E-state index contributed by atoms with van der Waals surface area (Å²) in [6.07, 6.45) is 1.28. The zero-order valence-electron chi connectivity index (χ0n) is 12.9. The first-order valence-electron chi connectivity index (χ1n) is 7.60. The second kappa shape index (κ2) is 5.94. The van der Waals surface area contributed by atoms with E-state index in [-0.39, 0.29) is 0 Å². The van der Waals surface area contributed by atoms with Crippen LogP contribution in [0.4, 0.5) is 0 Å². The van der Waals surface area contributed by atoms with Gasteiger partial charge in [0.25, 0.3) is 0 Å². The van der Waals surface area contributed by atoms with Crippen molar-refractivity contribution in [1.29, 1.82) is 0 Å². The third kappa shape index (κ3) is 2.93. The first kappa shape index (κ1) is 14.8. The molecule has 1 aliphatic carbocycles. The Morgan fingerprint density at radius 1 is 1.10 bits per heavy atom. The molecule has 1 saturated carbocycles. The second-order valence-corrected chi connectivity index (χ2v) is 6.94. The maximum atomic E-state index is 3.67. The SMILES string of the molecule is CNC(c1cc(C)c(Br)c(C)c1)C1CC1c1ccccc1. The van der Waals surface area contributed by atoms with Crippen LogP contribution in [0.3, 0.4) is 0 Å². The number of hydrogen-bond acceptors (Lipinski definition) is 1. The summed E-state index contributed by atoms with van der Waals surface area (Å²) in [6.45, 7) is 4.35. The molecule has 2 aromatic rings. The Hall–Kier alpha value is -1.12. The van der Waals surface area contributed by atoms with Crippen LogP contribution in [0.15, 0.2) is 46.9 Å². The van der Waals surface area contributed by atoms with E-state index in [0.29, 0.717) is 17.9 Å². The van der Waals surface area contributed by atoms with Gasteiger partial charge in [-0.2, -0.15) is 0 Å². The standard InChI is InChI=1S/C19H22BrN/c1-12-9-15(10-13(2)18(12)20)19(21-3)17-11-16(17)14-7-5-4-6-8-14/h4-10,16-17,19,21H,11H2,1-3H3. The summed E-state index contributed by atoms with van der Waals surface area (Å²) >= 11 is 3.67. The highest BCUT2D eigenvalue weighted by molar-refractivity contribution is 9.10. The molecule has 110 valence electrons. The summed E-state index contributed by atoms with van der Waals surface area (Å²) in [4.78, 5) is 0. The molecule has 0 bridgehead atoms.